The van der Waals surface area contributed by atoms with Gasteiger partial charge in [0.25, 0.3) is 0 Å². The van der Waals surface area contributed by atoms with Crippen molar-refractivity contribution < 1.29 is 9.59 Å². The van der Waals surface area contributed by atoms with E-state index in [0.717, 1.165) is 22.4 Å². The maximum Gasteiger partial charge on any atom is 0.234 e. The third-order valence-corrected chi connectivity index (χ3v) is 5.14. The van der Waals surface area contributed by atoms with Gasteiger partial charge in [-0.25, -0.2) is 0 Å². The lowest BCUT2D eigenvalue weighted by atomic mass is 10.3. The highest BCUT2D eigenvalue weighted by Crippen LogP contribution is 2.27. The summed E-state index contributed by atoms with van der Waals surface area (Å²) >= 11 is 2.64. The van der Waals surface area contributed by atoms with E-state index >= 15 is 0 Å². The zero-order valence-electron chi connectivity index (χ0n) is 13.5. The number of hydrogen-bond donors (Lipinski definition) is 2. The molecular formula is C15H19N5O2S2. The fourth-order valence-electron chi connectivity index (χ4n) is 1.99. The van der Waals surface area contributed by atoms with E-state index in [1.807, 2.05) is 36.6 Å². The largest absolute Gasteiger partial charge is 0.369 e. The molecule has 0 aliphatic heterocycles. The molecule has 7 nitrogen and oxygen atoms in total. The molecule has 3 N–H and O–H groups in total. The van der Waals surface area contributed by atoms with Gasteiger partial charge in [-0.1, -0.05) is 23.9 Å². The zero-order chi connectivity index (χ0) is 17.5. The number of carbonyl (C=O) groups is 2. The summed E-state index contributed by atoms with van der Waals surface area (Å²) in [6, 6.07) is 7.31. The number of nitrogens with one attached hydrogen (secondary N) is 1. The molecule has 2 aromatic rings. The Labute approximate surface area is 148 Å². The van der Waals surface area contributed by atoms with Crippen LogP contribution in [0.1, 0.15) is 12.7 Å². The van der Waals surface area contributed by atoms with Crippen LogP contribution >= 0.6 is 23.5 Å². The number of aryl methyl sites for hydroxylation is 1. The van der Waals surface area contributed by atoms with Gasteiger partial charge >= 0.3 is 0 Å². The molecule has 128 valence electrons. The number of nitrogens with two attached hydrogens (primary N) is 1. The van der Waals surface area contributed by atoms with E-state index in [-0.39, 0.29) is 17.4 Å². The number of nitrogens with zero attached hydrogens (tertiary/aromatic N) is 3. The lowest BCUT2D eigenvalue weighted by molar-refractivity contribution is -0.115. The van der Waals surface area contributed by atoms with Crippen LogP contribution in [-0.4, -0.2) is 38.1 Å². The van der Waals surface area contributed by atoms with Crippen molar-refractivity contribution in [1.29, 1.82) is 0 Å². The van der Waals surface area contributed by atoms with Crippen LogP contribution in [0.2, 0.25) is 0 Å². The lowest BCUT2D eigenvalue weighted by Gasteiger charge is -2.10. The number of rotatable bonds is 8. The van der Waals surface area contributed by atoms with Crippen LogP contribution in [-0.2, 0) is 16.1 Å². The number of anilines is 1. The monoisotopic (exact) mass is 365 g/mol. The Hall–Kier alpha value is -2.00. The van der Waals surface area contributed by atoms with Gasteiger partial charge < -0.3 is 15.6 Å². The number of para-hydroxylation sites is 1. The fraction of sp³-hybridized carbons (Fsp3) is 0.333. The summed E-state index contributed by atoms with van der Waals surface area (Å²) in [7, 11) is 0. The summed E-state index contributed by atoms with van der Waals surface area (Å²) in [4.78, 5) is 23.9. The molecule has 0 aliphatic carbocycles. The number of primary amides is 1. The third kappa shape index (κ3) is 5.00. The van der Waals surface area contributed by atoms with E-state index in [0.29, 0.717) is 5.69 Å². The minimum atomic E-state index is -0.397. The second kappa shape index (κ2) is 8.74. The molecule has 0 bridgehead atoms. The molecule has 0 aliphatic rings. The van der Waals surface area contributed by atoms with Crippen LogP contribution < -0.4 is 11.1 Å². The summed E-state index contributed by atoms with van der Waals surface area (Å²) in [6.07, 6.45) is 0. The summed E-state index contributed by atoms with van der Waals surface area (Å²) in [5, 5.41) is 11.7. The first kappa shape index (κ1) is 18.3. The predicted molar refractivity (Wildman–Crippen MR) is 96.1 cm³/mol. The molecule has 2 rings (SSSR count). The van der Waals surface area contributed by atoms with Crippen molar-refractivity contribution >= 4 is 41.0 Å². The van der Waals surface area contributed by atoms with Crippen molar-refractivity contribution in [2.24, 2.45) is 5.73 Å². The van der Waals surface area contributed by atoms with E-state index in [1.165, 1.54) is 23.5 Å². The van der Waals surface area contributed by atoms with Crippen molar-refractivity contribution in [3.63, 3.8) is 0 Å². The SMILES string of the molecule is CCn1c(C)nnc1SCC(=O)Nc1ccccc1SCC(N)=O. The molecule has 2 amide bonds. The van der Waals surface area contributed by atoms with Crippen molar-refractivity contribution in [2.45, 2.75) is 30.4 Å². The van der Waals surface area contributed by atoms with Crippen molar-refractivity contribution in [3.05, 3.63) is 30.1 Å². The number of aromatic nitrogens is 3. The minimum Gasteiger partial charge on any atom is -0.369 e. The van der Waals surface area contributed by atoms with Gasteiger partial charge in [0.1, 0.15) is 5.82 Å². The molecule has 24 heavy (non-hydrogen) atoms. The first-order valence-electron chi connectivity index (χ1n) is 7.33. The average Bonchev–Trinajstić information content (AvgIpc) is 2.92. The first-order chi connectivity index (χ1) is 11.5. The number of carbonyl (C=O) groups excluding carboxylic acids is 2. The van der Waals surface area contributed by atoms with Crippen LogP contribution in [0, 0.1) is 6.92 Å². The molecule has 1 heterocycles. The Bertz CT molecular complexity index is 732. The molecule has 1 aromatic carbocycles. The third-order valence-electron chi connectivity index (χ3n) is 3.08. The molecule has 0 fully saturated rings. The van der Waals surface area contributed by atoms with Gasteiger partial charge in [-0.3, -0.25) is 9.59 Å². The normalized spacial score (nSPS) is 10.6. The first-order valence-corrected chi connectivity index (χ1v) is 9.31. The van der Waals surface area contributed by atoms with Gasteiger partial charge in [-0.2, -0.15) is 0 Å². The molecule has 0 unspecified atom stereocenters. The Morgan fingerprint density at radius 3 is 2.67 bits per heavy atom. The average molecular weight is 365 g/mol. The number of thioether (sulfide) groups is 2. The van der Waals surface area contributed by atoms with E-state index in [9.17, 15) is 9.59 Å². The van der Waals surface area contributed by atoms with Crippen molar-refractivity contribution in [1.82, 2.24) is 14.8 Å². The molecule has 0 saturated carbocycles. The van der Waals surface area contributed by atoms with E-state index in [2.05, 4.69) is 15.5 Å². The quantitative estimate of drug-likeness (QED) is 0.693. The van der Waals surface area contributed by atoms with E-state index < -0.39 is 5.91 Å². The molecule has 0 atom stereocenters. The maximum absolute atomic E-state index is 12.2. The molecule has 0 saturated heterocycles. The lowest BCUT2D eigenvalue weighted by Crippen LogP contribution is -2.16. The molecular weight excluding hydrogens is 346 g/mol. The van der Waals surface area contributed by atoms with E-state index in [4.69, 9.17) is 5.73 Å². The van der Waals surface area contributed by atoms with E-state index in [1.54, 1.807) is 6.07 Å². The second-order valence-corrected chi connectivity index (χ2v) is 6.82. The van der Waals surface area contributed by atoms with Crippen LogP contribution in [0.3, 0.4) is 0 Å². The Kier molecular flexibility index (Phi) is 6.68. The van der Waals surface area contributed by atoms with Crippen LogP contribution in [0.5, 0.6) is 0 Å². The van der Waals surface area contributed by atoms with Crippen LogP contribution in [0.15, 0.2) is 34.3 Å². The highest BCUT2D eigenvalue weighted by atomic mass is 32.2. The van der Waals surface area contributed by atoms with Gasteiger partial charge in [-0.05, 0) is 26.0 Å². The minimum absolute atomic E-state index is 0.143. The Morgan fingerprint density at radius 2 is 1.96 bits per heavy atom. The highest BCUT2D eigenvalue weighted by molar-refractivity contribution is 8.00. The fourth-order valence-corrected chi connectivity index (χ4v) is 3.59. The number of hydrogen-bond acceptors (Lipinski definition) is 6. The van der Waals surface area contributed by atoms with Gasteiger partial charge in [0, 0.05) is 11.4 Å². The Balaban J connectivity index is 1.96. The van der Waals surface area contributed by atoms with Gasteiger partial charge in [0.05, 0.1) is 17.2 Å². The van der Waals surface area contributed by atoms with Crippen LogP contribution in [0.4, 0.5) is 5.69 Å². The maximum atomic E-state index is 12.2. The molecule has 0 radical (unpaired) electrons. The Morgan fingerprint density at radius 1 is 1.21 bits per heavy atom. The van der Waals surface area contributed by atoms with Gasteiger partial charge in [0.15, 0.2) is 5.16 Å². The number of amides is 2. The zero-order valence-corrected chi connectivity index (χ0v) is 15.1. The summed E-state index contributed by atoms with van der Waals surface area (Å²) in [5.74, 6) is 0.683. The molecule has 0 spiro atoms. The summed E-state index contributed by atoms with van der Waals surface area (Å²) in [6.45, 7) is 4.65. The standard InChI is InChI=1S/C15H19N5O2S2/c1-3-20-10(2)18-19-15(20)24-9-14(22)17-11-6-4-5-7-12(11)23-8-13(16)21/h4-7H,3,8-9H2,1-2H3,(H2,16,21)(H,17,22). The van der Waals surface area contributed by atoms with Crippen LogP contribution in [0.25, 0.3) is 0 Å². The predicted octanol–water partition coefficient (Wildman–Crippen LogP) is 1.91. The second-order valence-electron chi connectivity index (χ2n) is 4.86. The summed E-state index contributed by atoms with van der Waals surface area (Å²) in [5.41, 5.74) is 5.84. The van der Waals surface area contributed by atoms with Crippen molar-refractivity contribution in [2.75, 3.05) is 16.8 Å². The summed E-state index contributed by atoms with van der Waals surface area (Å²) < 4.78 is 1.95. The number of benzene rings is 1. The molecule has 1 aromatic heterocycles. The highest BCUT2D eigenvalue weighted by Gasteiger charge is 2.12. The van der Waals surface area contributed by atoms with Gasteiger partial charge in [0.2, 0.25) is 11.8 Å². The topological polar surface area (TPSA) is 103 Å². The smallest absolute Gasteiger partial charge is 0.234 e. The molecule has 9 heteroatoms. The van der Waals surface area contributed by atoms with Crippen molar-refractivity contribution in [3.8, 4) is 0 Å². The van der Waals surface area contributed by atoms with Gasteiger partial charge in [-0.15, -0.1) is 22.0 Å².